The maximum atomic E-state index is 11.8. The largest absolute Gasteiger partial charge is 0.497 e. The Bertz CT molecular complexity index is 1160. The lowest BCUT2D eigenvalue weighted by Crippen LogP contribution is -2.37. The van der Waals surface area contributed by atoms with Gasteiger partial charge >= 0.3 is 5.97 Å². The number of methoxy groups -OCH3 is 1. The van der Waals surface area contributed by atoms with Crippen LogP contribution < -0.4 is 14.5 Å². The van der Waals surface area contributed by atoms with E-state index in [-0.39, 0.29) is 6.54 Å². The Kier molecular flexibility index (Phi) is 6.42. The molecule has 0 radical (unpaired) electrons. The summed E-state index contributed by atoms with van der Waals surface area (Å²) in [4.78, 5) is 20.2. The Balaban J connectivity index is 1.80. The van der Waals surface area contributed by atoms with Crippen LogP contribution in [0.2, 0.25) is 0 Å². The van der Waals surface area contributed by atoms with E-state index in [1.165, 1.54) is 0 Å². The van der Waals surface area contributed by atoms with Gasteiger partial charge in [-0.3, -0.25) is 4.79 Å². The van der Waals surface area contributed by atoms with Crippen LogP contribution in [-0.2, 0) is 16.1 Å². The van der Waals surface area contributed by atoms with Gasteiger partial charge in [0.2, 0.25) is 0 Å². The highest BCUT2D eigenvalue weighted by Crippen LogP contribution is 2.28. The number of aliphatic carboxylic acids is 1. The average Bonchev–Trinajstić information content (AvgIpc) is 3.22. The second-order valence-electron chi connectivity index (χ2n) is 7.34. The van der Waals surface area contributed by atoms with E-state index in [1.54, 1.807) is 29.6 Å². The first-order valence-corrected chi connectivity index (χ1v) is 10.3. The predicted molar refractivity (Wildman–Crippen MR) is 120 cm³/mol. The molecule has 3 heterocycles. The van der Waals surface area contributed by atoms with Crippen molar-refractivity contribution < 1.29 is 19.4 Å². The van der Waals surface area contributed by atoms with Gasteiger partial charge in [-0.25, -0.2) is 9.50 Å². The van der Waals surface area contributed by atoms with Crippen molar-refractivity contribution in [3.63, 3.8) is 0 Å². The molecule has 0 amide bonds. The molecule has 0 atom stereocenters. The van der Waals surface area contributed by atoms with Gasteiger partial charge < -0.3 is 24.4 Å². The van der Waals surface area contributed by atoms with Crippen molar-refractivity contribution >= 4 is 23.1 Å². The van der Waals surface area contributed by atoms with Crippen molar-refractivity contribution in [2.24, 2.45) is 0 Å². The first-order chi connectivity index (χ1) is 15.6. The summed E-state index contributed by atoms with van der Waals surface area (Å²) in [5.41, 5.74) is 2.85. The maximum absolute atomic E-state index is 11.8. The maximum Gasteiger partial charge on any atom is 0.323 e. The zero-order valence-electron chi connectivity index (χ0n) is 18.1. The molecule has 0 spiro atoms. The van der Waals surface area contributed by atoms with Crippen molar-refractivity contribution in [1.29, 1.82) is 0 Å². The molecule has 1 saturated heterocycles. The smallest absolute Gasteiger partial charge is 0.323 e. The number of hydrogen-bond acceptors (Lipinski definition) is 7. The molecule has 2 aromatic heterocycles. The van der Waals surface area contributed by atoms with Gasteiger partial charge in [0.15, 0.2) is 11.5 Å². The lowest BCUT2D eigenvalue weighted by molar-refractivity contribution is -0.135. The number of nitrogens with zero attached hydrogens (tertiary/aromatic N) is 5. The third kappa shape index (κ3) is 4.60. The standard InChI is InChI=1S/C23H25N5O4/c1-3-4-18-14-24-23-20(13-21(25-28(18)23)26-9-11-32-12-10-26)27(16-22(29)30)15-17-5-7-19(31-2)8-6-17/h5-8,13-14H,9-12,15-16H2,1-2H3,(H,29,30). The molecule has 1 aliphatic rings. The minimum Gasteiger partial charge on any atom is -0.497 e. The number of carboxylic acids is 1. The van der Waals surface area contributed by atoms with E-state index in [0.717, 1.165) is 17.1 Å². The molecular formula is C23H25N5O4. The number of morpholine rings is 1. The Morgan fingerprint density at radius 2 is 2.03 bits per heavy atom. The normalized spacial score (nSPS) is 13.5. The molecule has 0 aliphatic carbocycles. The highest BCUT2D eigenvalue weighted by molar-refractivity contribution is 5.79. The number of aromatic nitrogens is 3. The summed E-state index contributed by atoms with van der Waals surface area (Å²) < 4.78 is 12.4. The summed E-state index contributed by atoms with van der Waals surface area (Å²) in [7, 11) is 1.61. The summed E-state index contributed by atoms with van der Waals surface area (Å²) in [6.45, 7) is 4.61. The van der Waals surface area contributed by atoms with E-state index < -0.39 is 5.97 Å². The second kappa shape index (κ2) is 9.58. The predicted octanol–water partition coefficient (Wildman–Crippen LogP) is 2.04. The van der Waals surface area contributed by atoms with Crippen molar-refractivity contribution in [3.05, 3.63) is 47.8 Å². The quantitative estimate of drug-likeness (QED) is 0.564. The highest BCUT2D eigenvalue weighted by atomic mass is 16.5. The lowest BCUT2D eigenvalue weighted by atomic mass is 10.2. The first-order valence-electron chi connectivity index (χ1n) is 10.3. The van der Waals surface area contributed by atoms with Gasteiger partial charge in [-0.15, -0.1) is 5.10 Å². The van der Waals surface area contributed by atoms with Crippen LogP contribution in [0.4, 0.5) is 11.5 Å². The van der Waals surface area contributed by atoms with Crippen molar-refractivity contribution in [2.75, 3.05) is 49.8 Å². The van der Waals surface area contributed by atoms with Crippen LogP contribution in [-0.4, -0.2) is 65.6 Å². The Morgan fingerprint density at radius 1 is 1.28 bits per heavy atom. The Hall–Kier alpha value is -3.77. The fourth-order valence-electron chi connectivity index (χ4n) is 3.67. The minimum atomic E-state index is -0.929. The molecule has 1 aliphatic heterocycles. The van der Waals surface area contributed by atoms with Gasteiger partial charge in [-0.2, -0.15) is 0 Å². The fourth-order valence-corrected chi connectivity index (χ4v) is 3.67. The number of hydrogen-bond donors (Lipinski definition) is 1. The number of imidazole rings is 1. The summed E-state index contributed by atoms with van der Waals surface area (Å²) in [5.74, 6) is 6.47. The van der Waals surface area contributed by atoms with E-state index in [2.05, 4.69) is 21.7 Å². The molecular weight excluding hydrogens is 410 g/mol. The number of fused-ring (bicyclic) bond motifs is 1. The van der Waals surface area contributed by atoms with Crippen molar-refractivity contribution in [1.82, 2.24) is 14.6 Å². The van der Waals surface area contributed by atoms with E-state index in [0.29, 0.717) is 49.9 Å². The van der Waals surface area contributed by atoms with Gasteiger partial charge in [0.25, 0.3) is 0 Å². The fraction of sp³-hybridized carbons (Fsp3) is 0.348. The van der Waals surface area contributed by atoms with Crippen molar-refractivity contribution in [3.8, 4) is 17.6 Å². The van der Waals surface area contributed by atoms with Crippen LogP contribution in [0.5, 0.6) is 5.75 Å². The lowest BCUT2D eigenvalue weighted by Gasteiger charge is -2.30. The van der Waals surface area contributed by atoms with Crippen LogP contribution in [0.1, 0.15) is 18.2 Å². The molecule has 9 heteroatoms. The monoisotopic (exact) mass is 435 g/mol. The summed E-state index contributed by atoms with van der Waals surface area (Å²) in [6, 6.07) is 9.48. The topological polar surface area (TPSA) is 92.4 Å². The average molecular weight is 435 g/mol. The van der Waals surface area contributed by atoms with Gasteiger partial charge in [0.1, 0.15) is 18.0 Å². The number of anilines is 2. The zero-order chi connectivity index (χ0) is 22.5. The SMILES string of the molecule is CC#Cc1cnc2c(N(CC(=O)O)Cc3ccc(OC)cc3)cc(N3CCOCC3)nn12. The van der Waals surface area contributed by atoms with Crippen LogP contribution in [0.15, 0.2) is 36.5 Å². The summed E-state index contributed by atoms with van der Waals surface area (Å²) in [6.07, 6.45) is 1.66. The van der Waals surface area contributed by atoms with Crippen molar-refractivity contribution in [2.45, 2.75) is 13.5 Å². The molecule has 1 fully saturated rings. The summed E-state index contributed by atoms with van der Waals surface area (Å²) >= 11 is 0. The molecule has 1 N–H and O–H groups in total. The van der Waals surface area contributed by atoms with Crippen LogP contribution in [0.3, 0.4) is 0 Å². The third-order valence-corrected chi connectivity index (χ3v) is 5.22. The van der Waals surface area contributed by atoms with E-state index in [1.807, 2.05) is 30.3 Å². The molecule has 0 bridgehead atoms. The molecule has 9 nitrogen and oxygen atoms in total. The van der Waals surface area contributed by atoms with E-state index >= 15 is 0 Å². The summed E-state index contributed by atoms with van der Waals surface area (Å²) in [5, 5.41) is 14.4. The number of ether oxygens (including phenoxy) is 2. The van der Waals surface area contributed by atoms with Gasteiger partial charge in [0.05, 0.1) is 32.2 Å². The molecule has 0 saturated carbocycles. The molecule has 4 rings (SSSR count). The van der Waals surface area contributed by atoms with E-state index in [9.17, 15) is 9.90 Å². The first kappa shape index (κ1) is 21.5. The molecule has 32 heavy (non-hydrogen) atoms. The Morgan fingerprint density at radius 3 is 2.69 bits per heavy atom. The number of carbonyl (C=O) groups is 1. The van der Waals surface area contributed by atoms with Crippen LogP contribution in [0.25, 0.3) is 5.65 Å². The van der Waals surface area contributed by atoms with E-state index in [4.69, 9.17) is 14.6 Å². The number of rotatable bonds is 7. The van der Waals surface area contributed by atoms with Gasteiger partial charge in [-0.1, -0.05) is 18.1 Å². The Labute approximate surface area is 186 Å². The number of carboxylic acid groups (broad SMARTS) is 1. The molecule has 0 unspecified atom stereocenters. The third-order valence-electron chi connectivity index (χ3n) is 5.22. The molecule has 1 aromatic carbocycles. The van der Waals surface area contributed by atoms with Gasteiger partial charge in [0, 0.05) is 25.7 Å². The van der Waals surface area contributed by atoms with Crippen LogP contribution >= 0.6 is 0 Å². The second-order valence-corrected chi connectivity index (χ2v) is 7.34. The highest BCUT2D eigenvalue weighted by Gasteiger charge is 2.22. The molecule has 3 aromatic rings. The zero-order valence-corrected chi connectivity index (χ0v) is 18.1. The van der Waals surface area contributed by atoms with Crippen LogP contribution in [0, 0.1) is 11.8 Å². The number of benzene rings is 1. The molecule has 166 valence electrons. The minimum absolute atomic E-state index is 0.185. The van der Waals surface area contributed by atoms with Gasteiger partial charge in [-0.05, 0) is 30.5 Å².